The molecule has 6 nitrogen and oxygen atoms in total. The van der Waals surface area contributed by atoms with Crippen LogP contribution in [-0.2, 0) is 17.6 Å². The van der Waals surface area contributed by atoms with Crippen LogP contribution in [0.5, 0.6) is 0 Å². The van der Waals surface area contributed by atoms with E-state index in [0.29, 0.717) is 12.4 Å². The van der Waals surface area contributed by atoms with E-state index in [9.17, 15) is 4.79 Å². The Morgan fingerprint density at radius 2 is 1.75 bits per heavy atom. The van der Waals surface area contributed by atoms with Gasteiger partial charge in [0.2, 0.25) is 0 Å². The minimum Gasteiger partial charge on any atom is -0.444 e. The molecule has 0 radical (unpaired) electrons. The van der Waals surface area contributed by atoms with Gasteiger partial charge < -0.3 is 4.74 Å². The highest BCUT2D eigenvalue weighted by molar-refractivity contribution is 5.69. The number of nitrogens with zero attached hydrogens (tertiary/aromatic N) is 3. The molecule has 3 aromatic rings. The largest absolute Gasteiger partial charge is 0.444 e. The highest BCUT2D eigenvalue weighted by Crippen LogP contribution is 2.40. The van der Waals surface area contributed by atoms with E-state index in [0.717, 1.165) is 31.5 Å². The molecule has 0 bridgehead atoms. The van der Waals surface area contributed by atoms with Gasteiger partial charge in [-0.05, 0) is 51.2 Å². The monoisotopic (exact) mass is 432 g/mol. The third-order valence-corrected chi connectivity index (χ3v) is 5.77. The molecule has 6 heteroatoms. The maximum atomic E-state index is 13.0. The van der Waals surface area contributed by atoms with Crippen molar-refractivity contribution < 1.29 is 9.53 Å². The molecule has 168 valence electrons. The molecule has 2 heterocycles. The molecule has 1 aliphatic rings. The van der Waals surface area contributed by atoms with Crippen LogP contribution in [0.3, 0.4) is 0 Å². The van der Waals surface area contributed by atoms with Crippen molar-refractivity contribution in [3.05, 3.63) is 83.4 Å². The number of likely N-dealkylation sites (tertiary alicyclic amines) is 1. The van der Waals surface area contributed by atoms with E-state index in [4.69, 9.17) is 9.72 Å². The zero-order chi connectivity index (χ0) is 22.6. The second-order valence-corrected chi connectivity index (χ2v) is 9.47. The minimum absolute atomic E-state index is 0.200. The Bertz CT molecular complexity index is 1010. The Kier molecular flexibility index (Phi) is 6.58. The number of carbonyl (C=O) groups excluding carboxylic acids is 1. The van der Waals surface area contributed by atoms with E-state index in [-0.39, 0.29) is 18.1 Å². The molecule has 1 aromatic heterocycles. The lowest BCUT2D eigenvalue weighted by Crippen LogP contribution is -2.37. The van der Waals surface area contributed by atoms with Crippen molar-refractivity contribution in [1.29, 1.82) is 0 Å². The van der Waals surface area contributed by atoms with Crippen LogP contribution >= 0.6 is 0 Å². The van der Waals surface area contributed by atoms with Crippen LogP contribution in [0.25, 0.3) is 0 Å². The third-order valence-electron chi connectivity index (χ3n) is 5.77. The summed E-state index contributed by atoms with van der Waals surface area (Å²) in [4.78, 5) is 19.6. The number of aromatic amines is 1. The Morgan fingerprint density at radius 3 is 2.44 bits per heavy atom. The van der Waals surface area contributed by atoms with Crippen LogP contribution in [0.4, 0.5) is 4.79 Å². The summed E-state index contributed by atoms with van der Waals surface area (Å²) in [6, 6.07) is 20.6. The number of nitrogens with one attached hydrogen (secondary N) is 1. The van der Waals surface area contributed by atoms with Gasteiger partial charge in [-0.2, -0.15) is 5.10 Å². The summed E-state index contributed by atoms with van der Waals surface area (Å²) in [5, 5.41) is 7.59. The van der Waals surface area contributed by atoms with Gasteiger partial charge in [0.1, 0.15) is 11.4 Å². The number of hydrogen-bond donors (Lipinski definition) is 1. The fourth-order valence-electron chi connectivity index (χ4n) is 4.25. The van der Waals surface area contributed by atoms with Crippen molar-refractivity contribution in [3.8, 4) is 0 Å². The molecule has 0 spiro atoms. The van der Waals surface area contributed by atoms with Gasteiger partial charge >= 0.3 is 6.09 Å². The fraction of sp³-hybridized carbons (Fsp3) is 0.423. The first-order valence-corrected chi connectivity index (χ1v) is 11.4. The van der Waals surface area contributed by atoms with Gasteiger partial charge in [0, 0.05) is 18.9 Å². The van der Waals surface area contributed by atoms with E-state index in [1.54, 1.807) is 4.90 Å². The lowest BCUT2D eigenvalue weighted by atomic mass is 9.96. The van der Waals surface area contributed by atoms with Gasteiger partial charge in [0.25, 0.3) is 0 Å². The van der Waals surface area contributed by atoms with Gasteiger partial charge in [-0.25, -0.2) is 9.78 Å². The summed E-state index contributed by atoms with van der Waals surface area (Å²) in [6.07, 6.45) is 3.29. The summed E-state index contributed by atoms with van der Waals surface area (Å²) in [6.45, 7) is 6.27. The Hall–Kier alpha value is -3.15. The standard InChI is InChI=1S/C26H32N4O2/c1-26(2,3)32-25(31)30-18-21(20-14-8-5-9-15-20)17-22(30)24-27-23(28-29-24)16-10-13-19-11-6-4-7-12-19/h4-9,11-12,14-15,21-22H,10,13,16-18H2,1-3H3,(H,27,28,29)/t21?,22-/m0/s1. The van der Waals surface area contributed by atoms with Crippen LogP contribution in [0.2, 0.25) is 0 Å². The highest BCUT2D eigenvalue weighted by atomic mass is 16.6. The molecular formula is C26H32N4O2. The van der Waals surface area contributed by atoms with E-state index in [2.05, 4.69) is 46.6 Å². The normalized spacial score (nSPS) is 18.7. The quantitative estimate of drug-likeness (QED) is 0.563. The van der Waals surface area contributed by atoms with Crippen LogP contribution in [-0.4, -0.2) is 38.3 Å². The molecule has 1 fully saturated rings. The third kappa shape index (κ3) is 5.55. The molecule has 0 saturated carbocycles. The fourth-order valence-corrected chi connectivity index (χ4v) is 4.25. The smallest absolute Gasteiger partial charge is 0.410 e. The first-order chi connectivity index (χ1) is 15.4. The van der Waals surface area contributed by atoms with E-state index < -0.39 is 5.60 Å². The molecule has 2 atom stereocenters. The van der Waals surface area contributed by atoms with Crippen LogP contribution in [0, 0.1) is 0 Å². The molecule has 2 aromatic carbocycles. The van der Waals surface area contributed by atoms with Gasteiger partial charge in [-0.1, -0.05) is 60.7 Å². The number of aromatic nitrogens is 3. The summed E-state index contributed by atoms with van der Waals surface area (Å²) < 4.78 is 5.70. The average Bonchev–Trinajstić information content (AvgIpc) is 3.41. The molecule has 1 amide bonds. The Morgan fingerprint density at radius 1 is 1.06 bits per heavy atom. The van der Waals surface area contributed by atoms with Crippen molar-refractivity contribution in [2.75, 3.05) is 6.54 Å². The molecule has 4 rings (SSSR count). The molecular weight excluding hydrogens is 400 g/mol. The second-order valence-electron chi connectivity index (χ2n) is 9.47. The maximum Gasteiger partial charge on any atom is 0.410 e. The Labute approximate surface area is 190 Å². The summed E-state index contributed by atoms with van der Waals surface area (Å²) in [5.41, 5.74) is 2.00. The van der Waals surface area contributed by atoms with Crippen molar-refractivity contribution in [3.63, 3.8) is 0 Å². The van der Waals surface area contributed by atoms with E-state index in [1.165, 1.54) is 11.1 Å². The number of H-pyrrole nitrogens is 1. The first kappa shape index (κ1) is 22.1. The number of amides is 1. The number of carbonyl (C=O) groups is 1. The van der Waals surface area contributed by atoms with E-state index >= 15 is 0 Å². The molecule has 1 N–H and O–H groups in total. The van der Waals surface area contributed by atoms with Crippen LogP contribution in [0.15, 0.2) is 60.7 Å². The number of benzene rings is 2. The van der Waals surface area contributed by atoms with Gasteiger partial charge in [0.15, 0.2) is 5.82 Å². The lowest BCUT2D eigenvalue weighted by Gasteiger charge is -2.27. The number of ether oxygens (including phenoxy) is 1. The molecule has 1 unspecified atom stereocenters. The summed E-state index contributed by atoms with van der Waals surface area (Å²) in [5.74, 6) is 1.76. The molecule has 32 heavy (non-hydrogen) atoms. The molecule has 1 saturated heterocycles. The topological polar surface area (TPSA) is 71.1 Å². The van der Waals surface area contributed by atoms with Crippen molar-refractivity contribution in [1.82, 2.24) is 20.1 Å². The van der Waals surface area contributed by atoms with Gasteiger partial charge in [0.05, 0.1) is 6.04 Å². The van der Waals surface area contributed by atoms with Crippen LogP contribution < -0.4 is 0 Å². The number of hydrogen-bond acceptors (Lipinski definition) is 4. The number of rotatable bonds is 6. The molecule has 0 aliphatic carbocycles. The predicted molar refractivity (Wildman–Crippen MR) is 124 cm³/mol. The lowest BCUT2D eigenvalue weighted by molar-refractivity contribution is 0.0216. The SMILES string of the molecule is CC(C)(C)OC(=O)N1CC(c2ccccc2)C[C@H]1c1n[nH]c(CCCc2ccccc2)n1. The second kappa shape index (κ2) is 9.55. The van der Waals surface area contributed by atoms with E-state index in [1.807, 2.05) is 45.0 Å². The van der Waals surface area contributed by atoms with Gasteiger partial charge in [-0.15, -0.1) is 0 Å². The molecule has 1 aliphatic heterocycles. The van der Waals surface area contributed by atoms with Crippen molar-refractivity contribution in [2.45, 2.75) is 64.0 Å². The zero-order valence-corrected chi connectivity index (χ0v) is 19.1. The predicted octanol–water partition coefficient (Wildman–Crippen LogP) is 5.45. The first-order valence-electron chi connectivity index (χ1n) is 11.4. The summed E-state index contributed by atoms with van der Waals surface area (Å²) in [7, 11) is 0. The zero-order valence-electron chi connectivity index (χ0n) is 19.1. The van der Waals surface area contributed by atoms with Crippen molar-refractivity contribution in [2.24, 2.45) is 0 Å². The minimum atomic E-state index is -0.548. The Balaban J connectivity index is 1.47. The van der Waals surface area contributed by atoms with Gasteiger partial charge in [-0.3, -0.25) is 10.00 Å². The average molecular weight is 433 g/mol. The summed E-state index contributed by atoms with van der Waals surface area (Å²) >= 11 is 0. The van der Waals surface area contributed by atoms with Crippen LogP contribution in [0.1, 0.15) is 68.3 Å². The highest BCUT2D eigenvalue weighted by Gasteiger charge is 2.40. The van der Waals surface area contributed by atoms with Crippen molar-refractivity contribution >= 4 is 6.09 Å². The number of aryl methyl sites for hydroxylation is 2. The maximum absolute atomic E-state index is 13.0.